The first-order chi connectivity index (χ1) is 9.24. The van der Waals surface area contributed by atoms with E-state index in [0.29, 0.717) is 5.92 Å². The fraction of sp³-hybridized carbons (Fsp3) is 0.600. The molecule has 1 saturated heterocycles. The maximum atomic E-state index is 6.33. The Kier molecular flexibility index (Phi) is 5.05. The Bertz CT molecular complexity index is 402. The second-order valence-electron chi connectivity index (χ2n) is 5.01. The van der Waals surface area contributed by atoms with Crippen molar-refractivity contribution in [3.8, 4) is 11.5 Å². The Hall–Kier alpha value is -1.26. The van der Waals surface area contributed by atoms with E-state index in [9.17, 15) is 0 Å². The molecule has 2 rings (SSSR count). The molecular formula is C15H23NO3. The lowest BCUT2D eigenvalue weighted by Crippen LogP contribution is -2.21. The molecule has 1 aromatic rings. The van der Waals surface area contributed by atoms with Gasteiger partial charge in [0.2, 0.25) is 0 Å². The highest BCUT2D eigenvalue weighted by Crippen LogP contribution is 2.33. The van der Waals surface area contributed by atoms with Crippen molar-refractivity contribution in [2.24, 2.45) is 11.7 Å². The van der Waals surface area contributed by atoms with Gasteiger partial charge in [0.05, 0.1) is 14.2 Å². The normalized spacial score (nSPS) is 18.1. The molecule has 0 radical (unpaired) electrons. The van der Waals surface area contributed by atoms with Crippen molar-refractivity contribution in [1.82, 2.24) is 0 Å². The number of ether oxygens (including phenoxy) is 3. The topological polar surface area (TPSA) is 53.7 Å². The average molecular weight is 265 g/mol. The molecule has 0 aromatic heterocycles. The van der Waals surface area contributed by atoms with Crippen LogP contribution in [0.4, 0.5) is 0 Å². The Morgan fingerprint density at radius 3 is 2.63 bits per heavy atom. The minimum atomic E-state index is 0.00366. The third-order valence-corrected chi connectivity index (χ3v) is 3.77. The van der Waals surface area contributed by atoms with E-state index in [1.807, 2.05) is 18.2 Å². The van der Waals surface area contributed by atoms with Gasteiger partial charge in [-0.2, -0.15) is 0 Å². The van der Waals surface area contributed by atoms with E-state index in [1.54, 1.807) is 14.2 Å². The first-order valence-corrected chi connectivity index (χ1v) is 6.80. The number of hydrogen-bond donors (Lipinski definition) is 1. The number of rotatable bonds is 5. The molecule has 4 heteroatoms. The van der Waals surface area contributed by atoms with Crippen molar-refractivity contribution >= 4 is 0 Å². The minimum absolute atomic E-state index is 0.00366. The Labute approximate surface area is 114 Å². The van der Waals surface area contributed by atoms with E-state index < -0.39 is 0 Å². The molecule has 4 nitrogen and oxygen atoms in total. The zero-order valence-electron chi connectivity index (χ0n) is 11.7. The summed E-state index contributed by atoms with van der Waals surface area (Å²) in [5.41, 5.74) is 7.38. The predicted octanol–water partition coefficient (Wildman–Crippen LogP) is 2.52. The summed E-state index contributed by atoms with van der Waals surface area (Å²) in [5, 5.41) is 0. The van der Waals surface area contributed by atoms with Gasteiger partial charge < -0.3 is 19.9 Å². The highest BCUT2D eigenvalue weighted by atomic mass is 16.5. The molecular weight excluding hydrogens is 242 g/mol. The van der Waals surface area contributed by atoms with Crippen LogP contribution in [-0.2, 0) is 4.74 Å². The lowest BCUT2D eigenvalue weighted by Gasteiger charge is -2.25. The van der Waals surface area contributed by atoms with E-state index >= 15 is 0 Å². The fourth-order valence-electron chi connectivity index (χ4n) is 2.59. The lowest BCUT2D eigenvalue weighted by molar-refractivity contribution is 0.0618. The van der Waals surface area contributed by atoms with Crippen molar-refractivity contribution in [3.05, 3.63) is 23.8 Å². The van der Waals surface area contributed by atoms with Crippen LogP contribution in [0.25, 0.3) is 0 Å². The molecule has 0 bridgehead atoms. The summed E-state index contributed by atoms with van der Waals surface area (Å²) in [6.07, 6.45) is 3.18. The van der Waals surface area contributed by atoms with E-state index in [0.717, 1.165) is 49.5 Å². The lowest BCUT2D eigenvalue weighted by atomic mass is 9.89. The summed E-state index contributed by atoms with van der Waals surface area (Å²) >= 11 is 0. The highest BCUT2D eigenvalue weighted by molar-refractivity contribution is 5.42. The molecule has 19 heavy (non-hydrogen) atoms. The van der Waals surface area contributed by atoms with Crippen molar-refractivity contribution in [2.45, 2.75) is 25.3 Å². The molecule has 1 heterocycles. The van der Waals surface area contributed by atoms with Gasteiger partial charge in [-0.3, -0.25) is 0 Å². The van der Waals surface area contributed by atoms with Gasteiger partial charge in [0, 0.05) is 30.9 Å². The van der Waals surface area contributed by atoms with E-state index in [4.69, 9.17) is 19.9 Å². The van der Waals surface area contributed by atoms with Gasteiger partial charge in [-0.05, 0) is 31.2 Å². The van der Waals surface area contributed by atoms with Crippen LogP contribution >= 0.6 is 0 Å². The molecule has 0 saturated carbocycles. The molecule has 0 aliphatic carbocycles. The summed E-state index contributed by atoms with van der Waals surface area (Å²) in [7, 11) is 3.32. The van der Waals surface area contributed by atoms with E-state index in [2.05, 4.69) is 0 Å². The second-order valence-corrected chi connectivity index (χ2v) is 5.01. The first-order valence-electron chi connectivity index (χ1n) is 6.80. The quantitative estimate of drug-likeness (QED) is 0.889. The predicted molar refractivity (Wildman–Crippen MR) is 74.6 cm³/mol. The zero-order chi connectivity index (χ0) is 13.7. The monoisotopic (exact) mass is 265 g/mol. The Morgan fingerprint density at radius 2 is 2.00 bits per heavy atom. The van der Waals surface area contributed by atoms with Crippen molar-refractivity contribution in [2.75, 3.05) is 27.4 Å². The largest absolute Gasteiger partial charge is 0.497 e. The van der Waals surface area contributed by atoms with Crippen molar-refractivity contribution in [1.29, 1.82) is 0 Å². The number of hydrogen-bond acceptors (Lipinski definition) is 4. The molecule has 0 amide bonds. The van der Waals surface area contributed by atoms with Gasteiger partial charge in [0.25, 0.3) is 0 Å². The standard InChI is InChI=1S/C15H23NO3/c1-17-12-3-4-13(15(10-12)18-2)14(16)9-11-5-7-19-8-6-11/h3-4,10-11,14H,5-9,16H2,1-2H3. The average Bonchev–Trinajstić information content (AvgIpc) is 2.47. The summed E-state index contributed by atoms with van der Waals surface area (Å²) in [4.78, 5) is 0. The molecule has 106 valence electrons. The van der Waals surface area contributed by atoms with Crippen LogP contribution in [0.15, 0.2) is 18.2 Å². The molecule has 2 N–H and O–H groups in total. The summed E-state index contributed by atoms with van der Waals surface area (Å²) in [5.74, 6) is 2.24. The Morgan fingerprint density at radius 1 is 1.26 bits per heavy atom. The SMILES string of the molecule is COc1ccc(C(N)CC2CCOCC2)c(OC)c1. The van der Waals surface area contributed by atoms with Gasteiger partial charge in [-0.1, -0.05) is 6.07 Å². The zero-order valence-corrected chi connectivity index (χ0v) is 11.7. The van der Waals surface area contributed by atoms with Crippen LogP contribution in [0.3, 0.4) is 0 Å². The maximum Gasteiger partial charge on any atom is 0.127 e. The molecule has 1 atom stereocenters. The van der Waals surface area contributed by atoms with Gasteiger partial charge in [-0.15, -0.1) is 0 Å². The second kappa shape index (κ2) is 6.78. The van der Waals surface area contributed by atoms with Gasteiger partial charge in [-0.25, -0.2) is 0 Å². The highest BCUT2D eigenvalue weighted by Gasteiger charge is 2.20. The molecule has 1 aliphatic rings. The van der Waals surface area contributed by atoms with Crippen LogP contribution in [-0.4, -0.2) is 27.4 Å². The molecule has 1 unspecified atom stereocenters. The first kappa shape index (κ1) is 14.2. The Balaban J connectivity index is 2.06. The smallest absolute Gasteiger partial charge is 0.127 e. The third-order valence-electron chi connectivity index (χ3n) is 3.77. The van der Waals surface area contributed by atoms with Crippen LogP contribution in [0.5, 0.6) is 11.5 Å². The molecule has 0 spiro atoms. The summed E-state index contributed by atoms with van der Waals surface area (Å²) in [6.45, 7) is 1.72. The van der Waals surface area contributed by atoms with Crippen LogP contribution in [0.1, 0.15) is 30.9 Å². The van der Waals surface area contributed by atoms with Crippen molar-refractivity contribution in [3.63, 3.8) is 0 Å². The van der Waals surface area contributed by atoms with Gasteiger partial charge in [0.1, 0.15) is 11.5 Å². The number of nitrogens with two attached hydrogens (primary N) is 1. The molecule has 1 aromatic carbocycles. The summed E-state index contributed by atoms with van der Waals surface area (Å²) < 4.78 is 16.0. The maximum absolute atomic E-state index is 6.33. The van der Waals surface area contributed by atoms with Gasteiger partial charge in [0.15, 0.2) is 0 Å². The molecule has 1 aliphatic heterocycles. The van der Waals surface area contributed by atoms with Crippen LogP contribution in [0, 0.1) is 5.92 Å². The molecule has 1 fully saturated rings. The fourth-order valence-corrected chi connectivity index (χ4v) is 2.59. The van der Waals surface area contributed by atoms with Crippen molar-refractivity contribution < 1.29 is 14.2 Å². The van der Waals surface area contributed by atoms with E-state index in [-0.39, 0.29) is 6.04 Å². The summed E-state index contributed by atoms with van der Waals surface area (Å²) in [6, 6.07) is 5.83. The van der Waals surface area contributed by atoms with Gasteiger partial charge >= 0.3 is 0 Å². The third kappa shape index (κ3) is 3.61. The number of benzene rings is 1. The van der Waals surface area contributed by atoms with Crippen LogP contribution in [0.2, 0.25) is 0 Å². The minimum Gasteiger partial charge on any atom is -0.497 e. The number of methoxy groups -OCH3 is 2. The van der Waals surface area contributed by atoms with Crippen LogP contribution < -0.4 is 15.2 Å². The van der Waals surface area contributed by atoms with E-state index in [1.165, 1.54) is 0 Å².